The summed E-state index contributed by atoms with van der Waals surface area (Å²) >= 11 is 11.7. The van der Waals surface area contributed by atoms with Crippen molar-refractivity contribution in [3.63, 3.8) is 0 Å². The molecule has 0 aliphatic carbocycles. The third-order valence-electron chi connectivity index (χ3n) is 2.44. The van der Waals surface area contributed by atoms with E-state index in [1.807, 2.05) is 31.2 Å². The van der Waals surface area contributed by atoms with E-state index in [9.17, 15) is 5.11 Å². The van der Waals surface area contributed by atoms with Crippen molar-refractivity contribution in [2.75, 3.05) is 0 Å². The smallest absolute Gasteiger partial charge is 0.143 e. The fourth-order valence-corrected chi connectivity index (χ4v) is 1.97. The molecule has 0 saturated carbocycles. The molecular weight excluding hydrogens is 269 g/mol. The number of hydrogen-bond acceptors (Lipinski definition) is 2. The Morgan fingerprint density at radius 1 is 1.11 bits per heavy atom. The van der Waals surface area contributed by atoms with Crippen molar-refractivity contribution in [2.24, 2.45) is 4.99 Å². The molecule has 0 heterocycles. The number of aliphatic imine (C=N–C) groups is 1. The van der Waals surface area contributed by atoms with Crippen LogP contribution in [0.2, 0.25) is 10.0 Å². The maximum absolute atomic E-state index is 9.76. The summed E-state index contributed by atoms with van der Waals surface area (Å²) in [7, 11) is 0. The molecule has 4 heteroatoms. The number of phenolic OH excluding ortho intramolecular Hbond substituents is 1. The molecule has 2 rings (SSSR count). The first-order valence-electron chi connectivity index (χ1n) is 5.35. The SMILES string of the molecule is Cc1ccc(/N=C/c2cc(Cl)cc(Cl)c2O)cc1. The first-order chi connectivity index (χ1) is 8.56. The maximum atomic E-state index is 9.76. The summed E-state index contributed by atoms with van der Waals surface area (Å²) in [4.78, 5) is 4.26. The molecule has 0 radical (unpaired) electrons. The number of phenols is 1. The first-order valence-corrected chi connectivity index (χ1v) is 6.10. The van der Waals surface area contributed by atoms with Gasteiger partial charge in [-0.15, -0.1) is 0 Å². The molecule has 0 fully saturated rings. The zero-order valence-corrected chi connectivity index (χ0v) is 11.2. The van der Waals surface area contributed by atoms with Crippen molar-refractivity contribution in [2.45, 2.75) is 6.92 Å². The molecule has 0 saturated heterocycles. The molecule has 1 N–H and O–H groups in total. The van der Waals surface area contributed by atoms with Crippen LogP contribution in [0.3, 0.4) is 0 Å². The quantitative estimate of drug-likeness (QED) is 0.790. The lowest BCUT2D eigenvalue weighted by Gasteiger charge is -2.02. The lowest BCUT2D eigenvalue weighted by atomic mass is 10.2. The molecule has 0 amide bonds. The number of rotatable bonds is 2. The Kier molecular flexibility index (Phi) is 3.90. The number of aryl methyl sites for hydroxylation is 1. The molecular formula is C14H11Cl2NO. The Balaban J connectivity index is 2.31. The van der Waals surface area contributed by atoms with Gasteiger partial charge in [0.05, 0.1) is 10.7 Å². The van der Waals surface area contributed by atoms with E-state index in [2.05, 4.69) is 4.99 Å². The van der Waals surface area contributed by atoms with Crippen molar-refractivity contribution >= 4 is 35.1 Å². The average molecular weight is 280 g/mol. The third-order valence-corrected chi connectivity index (χ3v) is 2.95. The highest BCUT2D eigenvalue weighted by Gasteiger charge is 2.05. The van der Waals surface area contributed by atoms with Crippen molar-refractivity contribution in [1.29, 1.82) is 0 Å². The van der Waals surface area contributed by atoms with Gasteiger partial charge >= 0.3 is 0 Å². The molecule has 92 valence electrons. The Bertz CT molecular complexity index is 591. The first kappa shape index (κ1) is 12.9. The summed E-state index contributed by atoms with van der Waals surface area (Å²) in [6.45, 7) is 2.01. The van der Waals surface area contributed by atoms with Crippen molar-refractivity contribution in [1.82, 2.24) is 0 Å². The Hall–Kier alpha value is -1.51. The van der Waals surface area contributed by atoms with Crippen molar-refractivity contribution in [3.05, 3.63) is 57.6 Å². The van der Waals surface area contributed by atoms with Crippen LogP contribution < -0.4 is 0 Å². The van der Waals surface area contributed by atoms with Crippen LogP contribution >= 0.6 is 23.2 Å². The van der Waals surface area contributed by atoms with Crippen LogP contribution in [0.4, 0.5) is 5.69 Å². The van der Waals surface area contributed by atoms with Gasteiger partial charge in [-0.05, 0) is 31.2 Å². The van der Waals surface area contributed by atoms with E-state index in [4.69, 9.17) is 23.2 Å². The van der Waals surface area contributed by atoms with E-state index in [-0.39, 0.29) is 10.8 Å². The number of halogens is 2. The van der Waals surface area contributed by atoms with Crippen LogP contribution in [0.15, 0.2) is 41.4 Å². The summed E-state index contributed by atoms with van der Waals surface area (Å²) in [5.41, 5.74) is 2.46. The monoisotopic (exact) mass is 279 g/mol. The van der Waals surface area contributed by atoms with Crippen LogP contribution in [0.1, 0.15) is 11.1 Å². The maximum Gasteiger partial charge on any atom is 0.143 e. The Labute approximate surface area is 116 Å². The zero-order valence-electron chi connectivity index (χ0n) is 9.69. The van der Waals surface area contributed by atoms with Crippen molar-refractivity contribution in [3.8, 4) is 5.75 Å². The fourth-order valence-electron chi connectivity index (χ4n) is 1.46. The van der Waals surface area contributed by atoms with Gasteiger partial charge in [0.15, 0.2) is 0 Å². The zero-order chi connectivity index (χ0) is 13.1. The molecule has 0 aliphatic heterocycles. The highest BCUT2D eigenvalue weighted by atomic mass is 35.5. The Morgan fingerprint density at radius 2 is 1.78 bits per heavy atom. The van der Waals surface area contributed by atoms with E-state index in [0.717, 1.165) is 5.69 Å². The van der Waals surface area contributed by atoms with Gasteiger partial charge in [-0.1, -0.05) is 40.9 Å². The van der Waals surface area contributed by atoms with E-state index < -0.39 is 0 Å². The van der Waals surface area contributed by atoms with E-state index >= 15 is 0 Å². The minimum Gasteiger partial charge on any atom is -0.506 e. The number of aromatic hydroxyl groups is 1. The van der Waals surface area contributed by atoms with E-state index in [1.165, 1.54) is 17.8 Å². The Morgan fingerprint density at radius 3 is 2.44 bits per heavy atom. The van der Waals surface area contributed by atoms with E-state index in [1.54, 1.807) is 6.07 Å². The molecule has 2 nitrogen and oxygen atoms in total. The molecule has 0 unspecified atom stereocenters. The van der Waals surface area contributed by atoms with Crippen molar-refractivity contribution < 1.29 is 5.11 Å². The molecule has 18 heavy (non-hydrogen) atoms. The molecule has 0 atom stereocenters. The van der Waals surface area contributed by atoms with Crippen LogP contribution in [-0.2, 0) is 0 Å². The summed E-state index contributed by atoms with van der Waals surface area (Å²) in [6, 6.07) is 10.8. The molecule has 0 spiro atoms. The second kappa shape index (κ2) is 5.42. The predicted molar refractivity (Wildman–Crippen MR) is 76.6 cm³/mol. The summed E-state index contributed by atoms with van der Waals surface area (Å²) in [6.07, 6.45) is 1.54. The normalized spacial score (nSPS) is 11.1. The number of hydrogen-bond donors (Lipinski definition) is 1. The van der Waals surface area contributed by atoms with Crippen LogP contribution in [0.5, 0.6) is 5.75 Å². The topological polar surface area (TPSA) is 32.6 Å². The van der Waals surface area contributed by atoms with E-state index in [0.29, 0.717) is 10.6 Å². The van der Waals surface area contributed by atoms with Gasteiger partial charge in [-0.2, -0.15) is 0 Å². The van der Waals surface area contributed by atoms with Gasteiger partial charge in [-0.25, -0.2) is 0 Å². The average Bonchev–Trinajstić information content (AvgIpc) is 2.34. The minimum absolute atomic E-state index is 0.0167. The van der Waals surface area contributed by atoms with Crippen LogP contribution in [0, 0.1) is 6.92 Å². The predicted octanol–water partition coefficient (Wildman–Crippen LogP) is 4.76. The van der Waals surface area contributed by atoms with Gasteiger partial charge in [0, 0.05) is 16.8 Å². The van der Waals surface area contributed by atoms with Gasteiger partial charge in [0.2, 0.25) is 0 Å². The second-order valence-corrected chi connectivity index (χ2v) is 4.76. The van der Waals surface area contributed by atoms with Gasteiger partial charge < -0.3 is 5.11 Å². The fraction of sp³-hybridized carbons (Fsp3) is 0.0714. The number of benzene rings is 2. The highest BCUT2D eigenvalue weighted by Crippen LogP contribution is 2.30. The second-order valence-electron chi connectivity index (χ2n) is 3.92. The summed E-state index contributed by atoms with van der Waals surface area (Å²) < 4.78 is 0. The minimum atomic E-state index is -0.0167. The highest BCUT2D eigenvalue weighted by molar-refractivity contribution is 6.36. The summed E-state index contributed by atoms with van der Waals surface area (Å²) in [5, 5.41) is 10.4. The molecule has 0 bridgehead atoms. The number of nitrogens with zero attached hydrogens (tertiary/aromatic N) is 1. The van der Waals surface area contributed by atoms with Crippen LogP contribution in [-0.4, -0.2) is 11.3 Å². The molecule has 2 aromatic rings. The largest absolute Gasteiger partial charge is 0.506 e. The third kappa shape index (κ3) is 3.03. The van der Waals surface area contributed by atoms with Gasteiger partial charge in [0.1, 0.15) is 5.75 Å². The summed E-state index contributed by atoms with van der Waals surface area (Å²) in [5.74, 6) is -0.0167. The molecule has 0 aromatic heterocycles. The lowest BCUT2D eigenvalue weighted by molar-refractivity contribution is 0.475. The van der Waals surface area contributed by atoms with Gasteiger partial charge in [0.25, 0.3) is 0 Å². The standard InChI is InChI=1S/C14H11Cl2NO/c1-9-2-4-12(5-3-9)17-8-10-6-11(15)7-13(16)14(10)18/h2-8,18H,1H3/b17-8+. The van der Waals surface area contributed by atoms with Gasteiger partial charge in [-0.3, -0.25) is 4.99 Å². The lowest BCUT2D eigenvalue weighted by Crippen LogP contribution is -1.84. The molecule has 0 aliphatic rings. The van der Waals surface area contributed by atoms with Crippen LogP contribution in [0.25, 0.3) is 0 Å². The molecule has 2 aromatic carbocycles.